The lowest BCUT2D eigenvalue weighted by atomic mass is 9.99. The Labute approximate surface area is 112 Å². The van der Waals surface area contributed by atoms with E-state index >= 15 is 0 Å². The van der Waals surface area contributed by atoms with E-state index in [4.69, 9.17) is 4.74 Å². The predicted molar refractivity (Wildman–Crippen MR) is 72.6 cm³/mol. The van der Waals surface area contributed by atoms with Crippen LogP contribution in [0.15, 0.2) is 42.5 Å². The molecule has 2 aromatic rings. The summed E-state index contributed by atoms with van der Waals surface area (Å²) < 4.78 is 18.6. The van der Waals surface area contributed by atoms with Gasteiger partial charge in [-0.3, -0.25) is 0 Å². The molecule has 0 bridgehead atoms. The number of rotatable bonds is 3. The maximum Gasteiger partial charge on any atom is 0.126 e. The molecule has 0 radical (unpaired) electrons. The van der Waals surface area contributed by atoms with E-state index in [2.05, 4.69) is 23.5 Å². The highest BCUT2D eigenvalue weighted by atomic mass is 19.1. The first kappa shape index (κ1) is 12.2. The topological polar surface area (TPSA) is 21.3 Å². The molecule has 2 nitrogen and oxygen atoms in total. The maximum absolute atomic E-state index is 13.0. The number of halogens is 1. The van der Waals surface area contributed by atoms with E-state index in [0.29, 0.717) is 12.4 Å². The number of hydrogen-bond acceptors (Lipinski definition) is 2. The summed E-state index contributed by atoms with van der Waals surface area (Å²) in [6, 6.07) is 12.7. The monoisotopic (exact) mass is 257 g/mol. The summed E-state index contributed by atoms with van der Waals surface area (Å²) in [6.07, 6.45) is 1.08. The molecule has 0 saturated heterocycles. The van der Waals surface area contributed by atoms with Crippen LogP contribution in [0.3, 0.4) is 0 Å². The third-order valence-corrected chi connectivity index (χ3v) is 3.36. The molecule has 19 heavy (non-hydrogen) atoms. The summed E-state index contributed by atoms with van der Waals surface area (Å²) in [6.45, 7) is 2.44. The van der Waals surface area contributed by atoms with E-state index in [-0.39, 0.29) is 5.82 Å². The van der Waals surface area contributed by atoms with Crippen LogP contribution in [0, 0.1) is 5.82 Å². The Balaban J connectivity index is 1.70. The molecule has 98 valence electrons. The van der Waals surface area contributed by atoms with Crippen molar-refractivity contribution in [2.45, 2.75) is 19.6 Å². The molecule has 2 aromatic carbocycles. The van der Waals surface area contributed by atoms with Crippen LogP contribution < -0.4 is 10.1 Å². The van der Waals surface area contributed by atoms with Gasteiger partial charge in [-0.2, -0.15) is 0 Å². The average molecular weight is 257 g/mol. The van der Waals surface area contributed by atoms with Crippen LogP contribution in [-0.2, 0) is 19.6 Å². The SMILES string of the molecule is Fc1cccc(OCc2ccc3c(c2)CNCC3)c1. The van der Waals surface area contributed by atoms with E-state index in [9.17, 15) is 4.39 Å². The van der Waals surface area contributed by atoms with Gasteiger partial charge in [0.1, 0.15) is 18.2 Å². The molecular weight excluding hydrogens is 241 g/mol. The van der Waals surface area contributed by atoms with E-state index in [1.807, 2.05) is 0 Å². The summed E-state index contributed by atoms with van der Waals surface area (Å²) in [5, 5.41) is 3.36. The first-order valence-electron chi connectivity index (χ1n) is 6.51. The smallest absolute Gasteiger partial charge is 0.126 e. The highest BCUT2D eigenvalue weighted by molar-refractivity contribution is 5.34. The predicted octanol–water partition coefficient (Wildman–Crippen LogP) is 3.05. The van der Waals surface area contributed by atoms with Crippen LogP contribution in [0.2, 0.25) is 0 Å². The molecule has 1 aliphatic rings. The second-order valence-electron chi connectivity index (χ2n) is 4.78. The number of fused-ring (bicyclic) bond motifs is 1. The molecule has 1 heterocycles. The van der Waals surface area contributed by atoms with E-state index in [0.717, 1.165) is 25.1 Å². The quantitative estimate of drug-likeness (QED) is 0.912. The Morgan fingerprint density at radius 2 is 2.05 bits per heavy atom. The van der Waals surface area contributed by atoms with Gasteiger partial charge >= 0.3 is 0 Å². The molecule has 0 aromatic heterocycles. The number of ether oxygens (including phenoxy) is 1. The number of benzene rings is 2. The molecule has 1 aliphatic heterocycles. The minimum absolute atomic E-state index is 0.271. The first-order chi connectivity index (χ1) is 9.31. The second kappa shape index (κ2) is 5.41. The lowest BCUT2D eigenvalue weighted by Gasteiger charge is -2.18. The molecule has 0 aliphatic carbocycles. The molecule has 0 atom stereocenters. The first-order valence-corrected chi connectivity index (χ1v) is 6.51. The van der Waals surface area contributed by atoms with Crippen molar-refractivity contribution in [3.05, 3.63) is 65.0 Å². The summed E-state index contributed by atoms with van der Waals surface area (Å²) in [5.74, 6) is 0.294. The van der Waals surface area contributed by atoms with Gasteiger partial charge in [-0.05, 0) is 41.8 Å². The van der Waals surface area contributed by atoms with Crippen LogP contribution in [-0.4, -0.2) is 6.54 Å². The van der Waals surface area contributed by atoms with Crippen LogP contribution >= 0.6 is 0 Å². The third-order valence-electron chi connectivity index (χ3n) is 3.36. The lowest BCUT2D eigenvalue weighted by molar-refractivity contribution is 0.304. The fourth-order valence-electron chi connectivity index (χ4n) is 2.35. The Kier molecular flexibility index (Phi) is 3.47. The molecule has 0 unspecified atom stereocenters. The van der Waals surface area contributed by atoms with Crippen molar-refractivity contribution >= 4 is 0 Å². The molecule has 0 saturated carbocycles. The fraction of sp³-hybridized carbons (Fsp3) is 0.250. The highest BCUT2D eigenvalue weighted by Crippen LogP contribution is 2.18. The zero-order chi connectivity index (χ0) is 13.1. The summed E-state index contributed by atoms with van der Waals surface area (Å²) >= 11 is 0. The molecular formula is C16H16FNO. The summed E-state index contributed by atoms with van der Waals surface area (Å²) in [7, 11) is 0. The van der Waals surface area contributed by atoms with E-state index < -0.39 is 0 Å². The standard InChI is InChI=1S/C16H16FNO/c17-15-2-1-3-16(9-15)19-11-12-4-5-13-6-7-18-10-14(13)8-12/h1-5,8-9,18H,6-7,10-11H2. The van der Waals surface area contributed by atoms with Crippen molar-refractivity contribution in [1.29, 1.82) is 0 Å². The van der Waals surface area contributed by atoms with Crippen molar-refractivity contribution in [2.24, 2.45) is 0 Å². The molecule has 3 heteroatoms. The van der Waals surface area contributed by atoms with Gasteiger partial charge in [-0.15, -0.1) is 0 Å². The van der Waals surface area contributed by atoms with Gasteiger partial charge < -0.3 is 10.1 Å². The second-order valence-corrected chi connectivity index (χ2v) is 4.78. The Morgan fingerprint density at radius 1 is 1.11 bits per heavy atom. The number of hydrogen-bond donors (Lipinski definition) is 1. The Bertz CT molecular complexity index is 583. The van der Waals surface area contributed by atoms with Gasteiger partial charge in [0.05, 0.1) is 0 Å². The van der Waals surface area contributed by atoms with E-state index in [1.165, 1.54) is 23.3 Å². The van der Waals surface area contributed by atoms with E-state index in [1.54, 1.807) is 12.1 Å². The van der Waals surface area contributed by atoms with Crippen molar-refractivity contribution in [3.63, 3.8) is 0 Å². The van der Waals surface area contributed by atoms with Crippen LogP contribution in [0.5, 0.6) is 5.75 Å². The Hall–Kier alpha value is -1.87. The summed E-state index contributed by atoms with van der Waals surface area (Å²) in [5.41, 5.74) is 3.87. The lowest BCUT2D eigenvalue weighted by Crippen LogP contribution is -2.23. The molecule has 0 amide bonds. The molecule has 3 rings (SSSR count). The van der Waals surface area contributed by atoms with Crippen LogP contribution in [0.1, 0.15) is 16.7 Å². The molecule has 0 spiro atoms. The molecule has 1 N–H and O–H groups in total. The van der Waals surface area contributed by atoms with Gasteiger partial charge in [0.2, 0.25) is 0 Å². The normalized spacial score (nSPS) is 13.9. The largest absolute Gasteiger partial charge is 0.489 e. The highest BCUT2D eigenvalue weighted by Gasteiger charge is 2.09. The Morgan fingerprint density at radius 3 is 2.95 bits per heavy atom. The zero-order valence-corrected chi connectivity index (χ0v) is 10.7. The maximum atomic E-state index is 13.0. The van der Waals surface area contributed by atoms with Crippen LogP contribution in [0.4, 0.5) is 4.39 Å². The summed E-state index contributed by atoms with van der Waals surface area (Å²) in [4.78, 5) is 0. The van der Waals surface area contributed by atoms with Gasteiger partial charge in [0.15, 0.2) is 0 Å². The van der Waals surface area contributed by atoms with Crippen molar-refractivity contribution < 1.29 is 9.13 Å². The minimum Gasteiger partial charge on any atom is -0.489 e. The average Bonchev–Trinajstić information content (AvgIpc) is 2.45. The van der Waals surface area contributed by atoms with Gasteiger partial charge in [0, 0.05) is 12.6 Å². The fourth-order valence-corrected chi connectivity index (χ4v) is 2.35. The van der Waals surface area contributed by atoms with Crippen molar-refractivity contribution in [1.82, 2.24) is 5.32 Å². The van der Waals surface area contributed by atoms with Gasteiger partial charge in [-0.1, -0.05) is 24.3 Å². The number of nitrogens with one attached hydrogen (secondary N) is 1. The minimum atomic E-state index is -0.271. The van der Waals surface area contributed by atoms with Crippen molar-refractivity contribution in [3.8, 4) is 5.75 Å². The van der Waals surface area contributed by atoms with Crippen molar-refractivity contribution in [2.75, 3.05) is 6.54 Å². The molecule has 0 fully saturated rings. The zero-order valence-electron chi connectivity index (χ0n) is 10.7. The third kappa shape index (κ3) is 2.93. The van der Waals surface area contributed by atoms with Gasteiger partial charge in [-0.25, -0.2) is 4.39 Å². The van der Waals surface area contributed by atoms with Gasteiger partial charge in [0.25, 0.3) is 0 Å². The van der Waals surface area contributed by atoms with Crippen LogP contribution in [0.25, 0.3) is 0 Å².